The maximum absolute atomic E-state index is 12.7. The largest absolute Gasteiger partial charge is 0.378 e. The molecule has 1 atom stereocenters. The average Bonchev–Trinajstić information content (AvgIpc) is 2.77. The predicted octanol–water partition coefficient (Wildman–Crippen LogP) is 2.56. The number of aliphatic hydroxyl groups is 1. The molecule has 0 aliphatic carbocycles. The summed E-state index contributed by atoms with van der Waals surface area (Å²) < 4.78 is 1.49. The van der Waals surface area contributed by atoms with Crippen molar-refractivity contribution in [1.82, 2.24) is 19.5 Å². The zero-order valence-electron chi connectivity index (χ0n) is 15.0. The summed E-state index contributed by atoms with van der Waals surface area (Å²) in [5.41, 5.74) is -0.249. The molecule has 0 spiro atoms. The van der Waals surface area contributed by atoms with Crippen molar-refractivity contribution in [2.45, 2.75) is 11.6 Å². The minimum Gasteiger partial charge on any atom is -0.378 e. The fourth-order valence-corrected chi connectivity index (χ4v) is 3.41. The van der Waals surface area contributed by atoms with E-state index in [9.17, 15) is 9.90 Å². The van der Waals surface area contributed by atoms with E-state index in [4.69, 9.17) is 0 Å². The van der Waals surface area contributed by atoms with E-state index in [1.54, 1.807) is 85.7 Å². The Labute approximate surface area is 161 Å². The number of nitrogens with zero attached hydrogens (tertiary/aromatic N) is 4. The van der Waals surface area contributed by atoms with Gasteiger partial charge in [0.25, 0.3) is 5.56 Å². The Balaban J connectivity index is 2.06. The zero-order chi connectivity index (χ0) is 19.4. The van der Waals surface area contributed by atoms with Crippen LogP contribution in [0.3, 0.4) is 0 Å². The molecule has 0 aliphatic heterocycles. The molecule has 0 amide bonds. The molecule has 0 saturated carbocycles. The van der Waals surface area contributed by atoms with Crippen molar-refractivity contribution >= 4 is 0 Å². The van der Waals surface area contributed by atoms with Crippen LogP contribution in [0.15, 0.2) is 103 Å². The van der Waals surface area contributed by atoms with Gasteiger partial charge in [-0.3, -0.25) is 19.7 Å². The van der Waals surface area contributed by atoms with Crippen molar-refractivity contribution in [3.63, 3.8) is 0 Å². The van der Waals surface area contributed by atoms with Crippen LogP contribution in [0.2, 0.25) is 0 Å². The van der Waals surface area contributed by atoms with Gasteiger partial charge in [-0.25, -0.2) is 0 Å². The summed E-state index contributed by atoms with van der Waals surface area (Å²) in [7, 11) is 0. The second-order valence-corrected chi connectivity index (χ2v) is 6.35. The monoisotopic (exact) mass is 370 g/mol. The molecule has 4 aromatic heterocycles. The summed E-state index contributed by atoms with van der Waals surface area (Å²) in [6.45, 7) is 0. The van der Waals surface area contributed by atoms with Crippen LogP contribution in [0.4, 0.5) is 0 Å². The Hall–Kier alpha value is -3.64. The number of rotatable bonds is 5. The maximum atomic E-state index is 12.7. The second-order valence-electron chi connectivity index (χ2n) is 6.35. The molecule has 138 valence electrons. The standard InChI is InChI=1S/C22H18N4O2/c27-20-10-2-4-14-26(20)21(19-9-1-3-13-25-19)22(28,17-7-5-11-23-15-17)18-8-6-12-24-16-18/h1-16,21,28H/t21-/m1/s1. The molecule has 0 fully saturated rings. The van der Waals surface area contributed by atoms with E-state index >= 15 is 0 Å². The van der Waals surface area contributed by atoms with Crippen molar-refractivity contribution in [3.8, 4) is 0 Å². The van der Waals surface area contributed by atoms with Gasteiger partial charge in [0.05, 0.1) is 5.69 Å². The van der Waals surface area contributed by atoms with E-state index in [-0.39, 0.29) is 5.56 Å². The van der Waals surface area contributed by atoms with E-state index in [1.807, 2.05) is 6.07 Å². The molecule has 0 saturated heterocycles. The smallest absolute Gasteiger partial charge is 0.251 e. The maximum Gasteiger partial charge on any atom is 0.251 e. The number of aromatic nitrogens is 4. The van der Waals surface area contributed by atoms with Crippen molar-refractivity contribution in [3.05, 3.63) is 125 Å². The molecular weight excluding hydrogens is 352 g/mol. The fraction of sp³-hybridized carbons (Fsp3) is 0.0909. The van der Waals surface area contributed by atoms with Crippen LogP contribution in [-0.4, -0.2) is 24.6 Å². The highest BCUT2D eigenvalue weighted by Gasteiger charge is 2.44. The summed E-state index contributed by atoms with van der Waals surface area (Å²) in [5.74, 6) is 0. The molecule has 28 heavy (non-hydrogen) atoms. The second kappa shape index (κ2) is 7.54. The third kappa shape index (κ3) is 3.10. The Morgan fingerprint density at radius 2 is 1.50 bits per heavy atom. The first kappa shape index (κ1) is 17.8. The topological polar surface area (TPSA) is 80.9 Å². The van der Waals surface area contributed by atoms with Gasteiger partial charge in [0.2, 0.25) is 0 Å². The minimum absolute atomic E-state index is 0.246. The van der Waals surface area contributed by atoms with Crippen LogP contribution >= 0.6 is 0 Å². The molecule has 6 nitrogen and oxygen atoms in total. The van der Waals surface area contributed by atoms with Crippen molar-refractivity contribution < 1.29 is 5.11 Å². The van der Waals surface area contributed by atoms with Crippen LogP contribution < -0.4 is 5.56 Å². The molecule has 6 heteroatoms. The fourth-order valence-electron chi connectivity index (χ4n) is 3.41. The lowest BCUT2D eigenvalue weighted by Gasteiger charge is -2.37. The molecule has 4 rings (SSSR count). The lowest BCUT2D eigenvalue weighted by molar-refractivity contribution is 0.0347. The van der Waals surface area contributed by atoms with Gasteiger partial charge in [-0.15, -0.1) is 0 Å². The van der Waals surface area contributed by atoms with Crippen molar-refractivity contribution in [1.29, 1.82) is 0 Å². The van der Waals surface area contributed by atoms with Gasteiger partial charge in [0, 0.05) is 54.4 Å². The first-order valence-corrected chi connectivity index (χ1v) is 8.83. The predicted molar refractivity (Wildman–Crippen MR) is 105 cm³/mol. The Kier molecular flexibility index (Phi) is 4.78. The molecule has 0 bridgehead atoms. The molecule has 0 radical (unpaired) electrons. The van der Waals surface area contributed by atoms with Gasteiger partial charge < -0.3 is 9.67 Å². The van der Waals surface area contributed by atoms with E-state index in [1.165, 1.54) is 10.6 Å². The van der Waals surface area contributed by atoms with Crippen LogP contribution in [0.5, 0.6) is 0 Å². The minimum atomic E-state index is -1.62. The Morgan fingerprint density at radius 1 is 0.821 bits per heavy atom. The van der Waals surface area contributed by atoms with Gasteiger partial charge in [0.1, 0.15) is 11.6 Å². The van der Waals surface area contributed by atoms with Gasteiger partial charge in [-0.2, -0.15) is 0 Å². The third-order valence-electron chi connectivity index (χ3n) is 4.70. The van der Waals surface area contributed by atoms with Gasteiger partial charge in [-0.05, 0) is 30.3 Å². The van der Waals surface area contributed by atoms with E-state index in [0.29, 0.717) is 16.8 Å². The average molecular weight is 370 g/mol. The normalized spacial score (nSPS) is 12.5. The molecule has 1 N–H and O–H groups in total. The number of hydrogen-bond donors (Lipinski definition) is 1. The summed E-state index contributed by atoms with van der Waals surface area (Å²) in [6, 6.07) is 16.5. The zero-order valence-corrected chi connectivity index (χ0v) is 15.0. The summed E-state index contributed by atoms with van der Waals surface area (Å²) in [5, 5.41) is 12.2. The van der Waals surface area contributed by atoms with Crippen molar-refractivity contribution in [2.24, 2.45) is 0 Å². The van der Waals surface area contributed by atoms with E-state index in [2.05, 4.69) is 15.0 Å². The molecular formula is C22H18N4O2. The molecule has 0 aromatic carbocycles. The van der Waals surface area contributed by atoms with Crippen LogP contribution in [0.25, 0.3) is 0 Å². The Morgan fingerprint density at radius 3 is 2.04 bits per heavy atom. The van der Waals surface area contributed by atoms with Gasteiger partial charge >= 0.3 is 0 Å². The summed E-state index contributed by atoms with van der Waals surface area (Å²) in [6.07, 6.45) is 9.76. The van der Waals surface area contributed by atoms with E-state index < -0.39 is 11.6 Å². The van der Waals surface area contributed by atoms with Crippen molar-refractivity contribution in [2.75, 3.05) is 0 Å². The van der Waals surface area contributed by atoms with E-state index in [0.717, 1.165) is 0 Å². The first-order valence-electron chi connectivity index (χ1n) is 8.83. The highest BCUT2D eigenvalue weighted by atomic mass is 16.3. The highest BCUT2D eigenvalue weighted by molar-refractivity contribution is 5.38. The first-order chi connectivity index (χ1) is 13.7. The lowest BCUT2D eigenvalue weighted by Crippen LogP contribution is -2.43. The quantitative estimate of drug-likeness (QED) is 0.584. The Bertz CT molecular complexity index is 1060. The van der Waals surface area contributed by atoms with Gasteiger partial charge in [0.15, 0.2) is 0 Å². The lowest BCUT2D eigenvalue weighted by atomic mass is 9.79. The number of hydrogen-bond acceptors (Lipinski definition) is 5. The van der Waals surface area contributed by atoms with Crippen LogP contribution in [-0.2, 0) is 5.60 Å². The molecule has 0 aliphatic rings. The van der Waals surface area contributed by atoms with Crippen LogP contribution in [0, 0.1) is 0 Å². The summed E-state index contributed by atoms with van der Waals surface area (Å²) >= 11 is 0. The van der Waals surface area contributed by atoms with Crippen LogP contribution in [0.1, 0.15) is 22.9 Å². The molecule has 0 unspecified atom stereocenters. The third-order valence-corrected chi connectivity index (χ3v) is 4.70. The SMILES string of the molecule is O=c1ccccn1[C@H](c1ccccn1)C(O)(c1cccnc1)c1cccnc1. The summed E-state index contributed by atoms with van der Waals surface area (Å²) in [4.78, 5) is 25.5. The number of pyridine rings is 4. The molecule has 4 heterocycles. The highest BCUT2D eigenvalue weighted by Crippen LogP contribution is 2.41. The van der Waals surface area contributed by atoms with Gasteiger partial charge in [-0.1, -0.05) is 24.3 Å². The molecule has 4 aromatic rings.